The Labute approximate surface area is 128 Å². The van der Waals surface area contributed by atoms with Crippen LogP contribution in [0.25, 0.3) is 0 Å². The predicted molar refractivity (Wildman–Crippen MR) is 87.5 cm³/mol. The van der Waals surface area contributed by atoms with Crippen molar-refractivity contribution in [3.05, 3.63) is 29.3 Å². The van der Waals surface area contributed by atoms with Crippen LogP contribution < -0.4 is 10.6 Å². The van der Waals surface area contributed by atoms with Crippen LogP contribution in [0.1, 0.15) is 50.2 Å². The lowest BCUT2D eigenvalue weighted by Gasteiger charge is -2.39. The van der Waals surface area contributed by atoms with Crippen molar-refractivity contribution >= 4 is 5.69 Å². The van der Waals surface area contributed by atoms with E-state index in [9.17, 15) is 5.11 Å². The van der Waals surface area contributed by atoms with Crippen molar-refractivity contribution < 1.29 is 5.11 Å². The van der Waals surface area contributed by atoms with Gasteiger partial charge in [-0.3, -0.25) is 0 Å². The van der Waals surface area contributed by atoms with Crippen LogP contribution in [0, 0.1) is 5.92 Å². The van der Waals surface area contributed by atoms with Gasteiger partial charge in [-0.25, -0.2) is 0 Å². The molecule has 0 amide bonds. The molecule has 3 nitrogen and oxygen atoms in total. The highest BCUT2D eigenvalue weighted by Crippen LogP contribution is 2.33. The second kappa shape index (κ2) is 6.37. The average molecular weight is 288 g/mol. The van der Waals surface area contributed by atoms with Crippen molar-refractivity contribution in [2.75, 3.05) is 18.5 Å². The number of benzene rings is 1. The molecule has 0 bridgehead atoms. The van der Waals surface area contributed by atoms with E-state index in [1.165, 1.54) is 42.5 Å². The number of anilines is 1. The minimum absolute atomic E-state index is 0.0656. The van der Waals surface area contributed by atoms with E-state index in [0.717, 1.165) is 31.8 Å². The number of aryl methyl sites for hydroxylation is 1. The van der Waals surface area contributed by atoms with Crippen molar-refractivity contribution in [1.82, 2.24) is 5.32 Å². The van der Waals surface area contributed by atoms with E-state index in [0.29, 0.717) is 0 Å². The van der Waals surface area contributed by atoms with Crippen LogP contribution in [0.15, 0.2) is 18.2 Å². The minimum atomic E-state index is -0.0656. The van der Waals surface area contributed by atoms with Gasteiger partial charge in [0, 0.05) is 24.3 Å². The quantitative estimate of drug-likeness (QED) is 0.798. The van der Waals surface area contributed by atoms with Gasteiger partial charge in [-0.1, -0.05) is 25.1 Å². The van der Waals surface area contributed by atoms with Crippen LogP contribution in [0.2, 0.25) is 0 Å². The first kappa shape index (κ1) is 14.9. The second-order valence-electron chi connectivity index (χ2n) is 6.96. The topological polar surface area (TPSA) is 44.3 Å². The van der Waals surface area contributed by atoms with E-state index < -0.39 is 0 Å². The Bertz CT molecular complexity index is 478. The number of para-hydroxylation sites is 1. The Balaban J connectivity index is 1.69. The summed E-state index contributed by atoms with van der Waals surface area (Å²) >= 11 is 0. The maximum absolute atomic E-state index is 9.87. The molecule has 1 heterocycles. The fourth-order valence-electron chi connectivity index (χ4n) is 3.72. The third-order valence-corrected chi connectivity index (χ3v) is 5.35. The van der Waals surface area contributed by atoms with Crippen LogP contribution in [0.3, 0.4) is 0 Å². The summed E-state index contributed by atoms with van der Waals surface area (Å²) < 4.78 is 0. The first-order valence-corrected chi connectivity index (χ1v) is 8.43. The van der Waals surface area contributed by atoms with Crippen LogP contribution in [-0.2, 0) is 13.0 Å². The van der Waals surface area contributed by atoms with E-state index in [1.807, 2.05) is 0 Å². The highest BCUT2D eigenvalue weighted by molar-refractivity contribution is 5.59. The number of aliphatic hydroxyl groups is 1. The zero-order valence-corrected chi connectivity index (χ0v) is 13.1. The fraction of sp³-hybridized carbons (Fsp3) is 0.667. The number of aliphatic hydroxyl groups excluding tert-OH is 1. The van der Waals surface area contributed by atoms with Crippen LogP contribution in [0.4, 0.5) is 5.69 Å². The lowest BCUT2D eigenvalue weighted by molar-refractivity contribution is 0.104. The third-order valence-electron chi connectivity index (χ3n) is 5.35. The van der Waals surface area contributed by atoms with Gasteiger partial charge in [0.25, 0.3) is 0 Å². The molecular weight excluding hydrogens is 260 g/mol. The highest BCUT2D eigenvalue weighted by Gasteiger charge is 2.33. The number of nitrogens with one attached hydrogen (secondary N) is 2. The first-order chi connectivity index (χ1) is 10.2. The lowest BCUT2D eigenvalue weighted by atomic mass is 9.77. The number of hydrogen-bond acceptors (Lipinski definition) is 3. The Kier molecular flexibility index (Phi) is 4.51. The fourth-order valence-corrected chi connectivity index (χ4v) is 3.72. The molecule has 1 aromatic rings. The third kappa shape index (κ3) is 3.24. The molecule has 0 spiro atoms. The minimum Gasteiger partial charge on any atom is -0.394 e. The van der Waals surface area contributed by atoms with Crippen molar-refractivity contribution in [3.8, 4) is 0 Å². The zero-order chi connectivity index (χ0) is 14.7. The summed E-state index contributed by atoms with van der Waals surface area (Å²) in [7, 11) is 0. The molecule has 0 saturated heterocycles. The van der Waals surface area contributed by atoms with Crippen LogP contribution in [0.5, 0.6) is 0 Å². The Morgan fingerprint density at radius 3 is 2.90 bits per heavy atom. The molecule has 0 aromatic heterocycles. The Morgan fingerprint density at radius 1 is 1.33 bits per heavy atom. The normalized spacial score (nSPS) is 28.8. The van der Waals surface area contributed by atoms with Crippen LogP contribution >= 0.6 is 0 Å². The van der Waals surface area contributed by atoms with Gasteiger partial charge in [-0.2, -0.15) is 0 Å². The Hall–Kier alpha value is -1.06. The number of fused-ring (bicyclic) bond motifs is 1. The van der Waals surface area contributed by atoms with E-state index in [1.54, 1.807) is 0 Å². The summed E-state index contributed by atoms with van der Waals surface area (Å²) in [5.74, 6) is 0.803. The molecule has 3 rings (SSSR count). The first-order valence-electron chi connectivity index (χ1n) is 8.43. The van der Waals surface area contributed by atoms with E-state index in [2.05, 4.69) is 35.8 Å². The molecule has 1 aromatic carbocycles. The van der Waals surface area contributed by atoms with Gasteiger partial charge >= 0.3 is 0 Å². The summed E-state index contributed by atoms with van der Waals surface area (Å²) in [5, 5.41) is 17.1. The van der Waals surface area contributed by atoms with Gasteiger partial charge in [0.1, 0.15) is 0 Å². The van der Waals surface area contributed by atoms with Gasteiger partial charge < -0.3 is 15.7 Å². The van der Waals surface area contributed by atoms with Gasteiger partial charge in [0.15, 0.2) is 0 Å². The van der Waals surface area contributed by atoms with Crippen LogP contribution in [-0.4, -0.2) is 23.8 Å². The summed E-state index contributed by atoms with van der Waals surface area (Å²) in [6.45, 7) is 4.50. The van der Waals surface area contributed by atoms with Gasteiger partial charge in [0.2, 0.25) is 0 Å². The highest BCUT2D eigenvalue weighted by atomic mass is 16.3. The molecule has 21 heavy (non-hydrogen) atoms. The van der Waals surface area contributed by atoms with Gasteiger partial charge in [0.05, 0.1) is 6.61 Å². The number of rotatable bonds is 4. The second-order valence-corrected chi connectivity index (χ2v) is 6.96. The SMILES string of the molecule is CC1CCC(CO)(NCc2cccc3c2NCCC3)CC1. The monoisotopic (exact) mass is 288 g/mol. The van der Waals surface area contributed by atoms with E-state index >= 15 is 0 Å². The average Bonchev–Trinajstić information content (AvgIpc) is 2.55. The molecule has 2 aliphatic rings. The van der Waals surface area contributed by atoms with Crippen molar-refractivity contribution in [1.29, 1.82) is 0 Å². The molecule has 0 radical (unpaired) electrons. The zero-order valence-electron chi connectivity index (χ0n) is 13.1. The smallest absolute Gasteiger partial charge is 0.0613 e. The molecule has 1 aliphatic carbocycles. The summed E-state index contributed by atoms with van der Waals surface area (Å²) in [5.41, 5.74) is 4.05. The summed E-state index contributed by atoms with van der Waals surface area (Å²) in [4.78, 5) is 0. The van der Waals surface area contributed by atoms with Gasteiger partial charge in [-0.15, -0.1) is 0 Å². The summed E-state index contributed by atoms with van der Waals surface area (Å²) in [6, 6.07) is 6.60. The maximum Gasteiger partial charge on any atom is 0.0613 e. The molecular formula is C18H28N2O. The molecule has 1 aliphatic heterocycles. The standard InChI is InChI=1S/C18H28N2O/c1-14-7-9-18(13-21,10-8-14)20-12-16-5-2-4-15-6-3-11-19-17(15)16/h2,4-5,14,19-21H,3,6-13H2,1H3. The van der Waals surface area contributed by atoms with Crippen molar-refractivity contribution in [3.63, 3.8) is 0 Å². The maximum atomic E-state index is 9.87. The van der Waals surface area contributed by atoms with Crippen molar-refractivity contribution in [2.24, 2.45) is 5.92 Å². The predicted octanol–water partition coefficient (Wildman–Crippen LogP) is 3.08. The Morgan fingerprint density at radius 2 is 2.14 bits per heavy atom. The molecule has 3 heteroatoms. The van der Waals surface area contributed by atoms with E-state index in [-0.39, 0.29) is 12.1 Å². The molecule has 0 unspecified atom stereocenters. The molecule has 116 valence electrons. The summed E-state index contributed by atoms with van der Waals surface area (Å²) in [6.07, 6.45) is 7.03. The molecule has 3 N–H and O–H groups in total. The van der Waals surface area contributed by atoms with Crippen molar-refractivity contribution in [2.45, 2.75) is 57.5 Å². The van der Waals surface area contributed by atoms with E-state index in [4.69, 9.17) is 0 Å². The van der Waals surface area contributed by atoms with Gasteiger partial charge in [-0.05, 0) is 55.6 Å². The number of hydrogen-bond donors (Lipinski definition) is 3. The molecule has 1 saturated carbocycles. The molecule has 1 fully saturated rings. The largest absolute Gasteiger partial charge is 0.394 e. The lowest BCUT2D eigenvalue weighted by Crippen LogP contribution is -2.50. The molecule has 0 atom stereocenters.